The number of rotatable bonds is 1. The van der Waals surface area contributed by atoms with Crippen LogP contribution >= 0.6 is 0 Å². The van der Waals surface area contributed by atoms with Gasteiger partial charge in [0.2, 0.25) is 5.91 Å². The summed E-state index contributed by atoms with van der Waals surface area (Å²) in [6, 6.07) is 5.85. The van der Waals surface area contributed by atoms with Crippen LogP contribution in [0.2, 0.25) is 0 Å². The van der Waals surface area contributed by atoms with Gasteiger partial charge in [-0.1, -0.05) is 20.8 Å². The predicted octanol–water partition coefficient (Wildman–Crippen LogP) is 2.98. The molecule has 18 heavy (non-hydrogen) atoms. The Kier molecular flexibility index (Phi) is 3.33. The first-order valence-electron chi connectivity index (χ1n) is 6.55. The Hall–Kier alpha value is -1.51. The second-order valence-corrected chi connectivity index (χ2v) is 6.27. The third-order valence-corrected chi connectivity index (χ3v) is 3.20. The van der Waals surface area contributed by atoms with Crippen molar-refractivity contribution in [1.29, 1.82) is 0 Å². The van der Waals surface area contributed by atoms with Gasteiger partial charge in [-0.2, -0.15) is 0 Å². The van der Waals surface area contributed by atoms with Crippen LogP contribution < -0.4 is 10.6 Å². The molecular formula is C15H22N2O. The van der Waals surface area contributed by atoms with E-state index in [0.717, 1.165) is 30.8 Å². The second kappa shape index (κ2) is 4.63. The highest BCUT2D eigenvalue weighted by molar-refractivity contribution is 5.95. The third-order valence-electron chi connectivity index (χ3n) is 3.20. The fourth-order valence-corrected chi connectivity index (χ4v) is 2.43. The number of anilines is 2. The van der Waals surface area contributed by atoms with Crippen LogP contribution in [0.3, 0.4) is 0 Å². The van der Waals surface area contributed by atoms with Crippen LogP contribution in [0.4, 0.5) is 11.4 Å². The summed E-state index contributed by atoms with van der Waals surface area (Å²) in [6.07, 6.45) is 2.61. The minimum Gasteiger partial charge on any atom is -0.399 e. The summed E-state index contributed by atoms with van der Waals surface area (Å²) in [4.78, 5) is 14.3. The molecule has 0 spiro atoms. The first kappa shape index (κ1) is 12.9. The number of fused-ring (bicyclic) bond motifs is 1. The maximum Gasteiger partial charge on any atom is 0.227 e. The Morgan fingerprint density at radius 1 is 1.39 bits per heavy atom. The van der Waals surface area contributed by atoms with Gasteiger partial charge >= 0.3 is 0 Å². The van der Waals surface area contributed by atoms with E-state index in [2.05, 4.69) is 20.8 Å². The largest absolute Gasteiger partial charge is 0.399 e. The number of aryl methyl sites for hydroxylation is 1. The molecule has 1 aliphatic rings. The molecule has 0 fully saturated rings. The molecule has 0 radical (unpaired) electrons. The molecule has 98 valence electrons. The van der Waals surface area contributed by atoms with E-state index in [1.54, 1.807) is 0 Å². The van der Waals surface area contributed by atoms with Crippen molar-refractivity contribution >= 4 is 17.3 Å². The second-order valence-electron chi connectivity index (χ2n) is 6.27. The Morgan fingerprint density at radius 2 is 2.11 bits per heavy atom. The molecule has 1 aliphatic heterocycles. The standard InChI is InChI=1S/C15H22N2O/c1-15(2,3)10-14(18)17-8-4-5-11-9-12(16)6-7-13(11)17/h6-7,9H,4-5,8,10,16H2,1-3H3. The zero-order valence-corrected chi connectivity index (χ0v) is 11.5. The van der Waals surface area contributed by atoms with Gasteiger partial charge in [0.25, 0.3) is 0 Å². The van der Waals surface area contributed by atoms with Crippen LogP contribution in [0, 0.1) is 5.41 Å². The smallest absolute Gasteiger partial charge is 0.227 e. The lowest BCUT2D eigenvalue weighted by molar-refractivity contribution is -0.120. The summed E-state index contributed by atoms with van der Waals surface area (Å²) >= 11 is 0. The Morgan fingerprint density at radius 3 is 2.78 bits per heavy atom. The van der Waals surface area contributed by atoms with Crippen molar-refractivity contribution in [2.75, 3.05) is 17.2 Å². The van der Waals surface area contributed by atoms with Crippen molar-refractivity contribution in [3.63, 3.8) is 0 Å². The third kappa shape index (κ3) is 2.84. The van der Waals surface area contributed by atoms with E-state index in [1.807, 2.05) is 23.1 Å². The number of benzene rings is 1. The molecule has 0 aromatic heterocycles. The monoisotopic (exact) mass is 246 g/mol. The lowest BCUT2D eigenvalue weighted by atomic mass is 9.90. The molecule has 0 unspecified atom stereocenters. The van der Waals surface area contributed by atoms with Gasteiger partial charge in [-0.3, -0.25) is 4.79 Å². The normalized spacial score (nSPS) is 15.4. The predicted molar refractivity (Wildman–Crippen MR) is 75.6 cm³/mol. The zero-order chi connectivity index (χ0) is 13.3. The number of carbonyl (C=O) groups is 1. The van der Waals surface area contributed by atoms with Gasteiger partial charge in [0.1, 0.15) is 0 Å². The molecule has 0 saturated heterocycles. The molecule has 1 heterocycles. The molecule has 0 bridgehead atoms. The Bertz CT molecular complexity index is 460. The molecule has 3 heteroatoms. The average molecular weight is 246 g/mol. The zero-order valence-electron chi connectivity index (χ0n) is 11.5. The van der Waals surface area contributed by atoms with E-state index in [4.69, 9.17) is 5.73 Å². The van der Waals surface area contributed by atoms with E-state index >= 15 is 0 Å². The van der Waals surface area contributed by atoms with E-state index < -0.39 is 0 Å². The fourth-order valence-electron chi connectivity index (χ4n) is 2.43. The summed E-state index contributed by atoms with van der Waals surface area (Å²) < 4.78 is 0. The van der Waals surface area contributed by atoms with Crippen LogP contribution in [0.25, 0.3) is 0 Å². The first-order chi connectivity index (χ1) is 8.37. The quantitative estimate of drug-likeness (QED) is 0.774. The van der Waals surface area contributed by atoms with Gasteiger partial charge in [0.15, 0.2) is 0 Å². The van der Waals surface area contributed by atoms with Crippen molar-refractivity contribution in [1.82, 2.24) is 0 Å². The SMILES string of the molecule is CC(C)(C)CC(=O)N1CCCc2cc(N)ccc21. The molecule has 2 N–H and O–H groups in total. The topological polar surface area (TPSA) is 46.3 Å². The first-order valence-corrected chi connectivity index (χ1v) is 6.55. The maximum absolute atomic E-state index is 12.4. The Balaban J connectivity index is 2.25. The molecule has 0 atom stereocenters. The van der Waals surface area contributed by atoms with Crippen LogP contribution in [-0.2, 0) is 11.2 Å². The number of nitrogens with zero attached hydrogens (tertiary/aromatic N) is 1. The van der Waals surface area contributed by atoms with Crippen LogP contribution in [0.1, 0.15) is 39.2 Å². The van der Waals surface area contributed by atoms with Gasteiger partial charge in [0.05, 0.1) is 0 Å². The lowest BCUT2D eigenvalue weighted by Crippen LogP contribution is -2.37. The molecular weight excluding hydrogens is 224 g/mol. The summed E-state index contributed by atoms with van der Waals surface area (Å²) in [7, 11) is 0. The van der Waals surface area contributed by atoms with Gasteiger partial charge < -0.3 is 10.6 Å². The van der Waals surface area contributed by atoms with Gasteiger partial charge in [0, 0.05) is 24.3 Å². The van der Waals surface area contributed by atoms with Crippen molar-refractivity contribution < 1.29 is 4.79 Å². The van der Waals surface area contributed by atoms with Crippen LogP contribution in [0.15, 0.2) is 18.2 Å². The fraction of sp³-hybridized carbons (Fsp3) is 0.533. The number of hydrogen-bond donors (Lipinski definition) is 1. The van der Waals surface area contributed by atoms with E-state index in [-0.39, 0.29) is 11.3 Å². The molecule has 3 nitrogen and oxygen atoms in total. The summed E-state index contributed by atoms with van der Waals surface area (Å²) in [5.41, 5.74) is 8.85. The number of nitrogen functional groups attached to an aromatic ring is 1. The number of nitrogens with two attached hydrogens (primary N) is 1. The van der Waals surface area contributed by atoms with Crippen LogP contribution in [0.5, 0.6) is 0 Å². The minimum absolute atomic E-state index is 0.0303. The van der Waals surface area contributed by atoms with E-state index in [1.165, 1.54) is 5.56 Å². The van der Waals surface area contributed by atoms with Gasteiger partial charge in [-0.25, -0.2) is 0 Å². The maximum atomic E-state index is 12.4. The molecule has 1 amide bonds. The average Bonchev–Trinajstić information content (AvgIpc) is 2.25. The highest BCUT2D eigenvalue weighted by Gasteiger charge is 2.25. The molecule has 0 aliphatic carbocycles. The minimum atomic E-state index is 0.0303. The molecule has 1 aromatic rings. The highest BCUT2D eigenvalue weighted by atomic mass is 16.2. The van der Waals surface area contributed by atoms with Crippen LogP contribution in [-0.4, -0.2) is 12.5 Å². The van der Waals surface area contributed by atoms with Crippen molar-refractivity contribution in [2.24, 2.45) is 5.41 Å². The molecule has 0 saturated carbocycles. The molecule has 1 aromatic carbocycles. The lowest BCUT2D eigenvalue weighted by Gasteiger charge is -2.32. The van der Waals surface area contributed by atoms with Gasteiger partial charge in [-0.05, 0) is 42.0 Å². The Labute approximate surface area is 109 Å². The van der Waals surface area contributed by atoms with Crippen molar-refractivity contribution in [2.45, 2.75) is 40.0 Å². The molecule has 2 rings (SSSR count). The van der Waals surface area contributed by atoms with E-state index in [0.29, 0.717) is 6.42 Å². The van der Waals surface area contributed by atoms with Gasteiger partial charge in [-0.15, -0.1) is 0 Å². The number of carbonyl (C=O) groups excluding carboxylic acids is 1. The summed E-state index contributed by atoms with van der Waals surface area (Å²) in [6.45, 7) is 7.11. The number of hydrogen-bond acceptors (Lipinski definition) is 2. The highest BCUT2D eigenvalue weighted by Crippen LogP contribution is 2.31. The summed E-state index contributed by atoms with van der Waals surface area (Å²) in [5, 5.41) is 0. The van der Waals surface area contributed by atoms with Crippen molar-refractivity contribution in [3.8, 4) is 0 Å². The summed E-state index contributed by atoms with van der Waals surface area (Å²) in [5.74, 6) is 0.216. The van der Waals surface area contributed by atoms with Crippen molar-refractivity contribution in [3.05, 3.63) is 23.8 Å². The number of amides is 1. The van der Waals surface area contributed by atoms with E-state index in [9.17, 15) is 4.79 Å².